The third kappa shape index (κ3) is 7.41. The van der Waals surface area contributed by atoms with E-state index in [0.717, 1.165) is 15.9 Å². The predicted octanol–water partition coefficient (Wildman–Crippen LogP) is 4.12. The lowest BCUT2D eigenvalue weighted by molar-refractivity contribution is -0.384. The van der Waals surface area contributed by atoms with Crippen molar-refractivity contribution in [2.75, 3.05) is 17.4 Å². The third-order valence-corrected chi connectivity index (χ3v) is 7.86. The van der Waals surface area contributed by atoms with E-state index in [9.17, 15) is 28.1 Å². The quantitative estimate of drug-likeness (QED) is 0.251. The van der Waals surface area contributed by atoms with E-state index in [1.54, 1.807) is 25.1 Å². The molecule has 0 heterocycles. The van der Waals surface area contributed by atoms with Crippen LogP contribution in [0.2, 0.25) is 0 Å². The van der Waals surface area contributed by atoms with E-state index in [4.69, 9.17) is 0 Å². The van der Waals surface area contributed by atoms with Crippen LogP contribution in [-0.2, 0) is 26.2 Å². The molecule has 0 spiro atoms. The molecule has 1 unspecified atom stereocenters. The molecule has 0 aliphatic rings. The summed E-state index contributed by atoms with van der Waals surface area (Å²) in [7, 11) is -4.30. The molecule has 0 fully saturated rings. The molecule has 0 saturated carbocycles. The number of carbonyl (C=O) groups is 2. The van der Waals surface area contributed by atoms with Gasteiger partial charge in [0, 0.05) is 25.2 Å². The Balaban J connectivity index is 2.07. The smallest absolute Gasteiger partial charge is 0.271 e. The van der Waals surface area contributed by atoms with Crippen molar-refractivity contribution in [3.8, 4) is 0 Å². The number of hydrogen-bond donors (Lipinski definition) is 1. The zero-order valence-corrected chi connectivity index (χ0v) is 22.7. The van der Waals surface area contributed by atoms with E-state index in [0.29, 0.717) is 19.4 Å². The first-order valence-corrected chi connectivity index (χ1v) is 14.1. The second-order valence-corrected chi connectivity index (χ2v) is 10.7. The molecule has 11 heteroatoms. The fourth-order valence-corrected chi connectivity index (χ4v) is 5.50. The van der Waals surface area contributed by atoms with E-state index in [1.807, 2.05) is 37.3 Å². The van der Waals surface area contributed by atoms with Gasteiger partial charge in [0.2, 0.25) is 11.8 Å². The van der Waals surface area contributed by atoms with E-state index < -0.39 is 33.4 Å². The molecule has 0 aliphatic heterocycles. The molecule has 1 N–H and O–H groups in total. The van der Waals surface area contributed by atoms with Gasteiger partial charge >= 0.3 is 0 Å². The highest BCUT2D eigenvalue weighted by Gasteiger charge is 2.34. The highest BCUT2D eigenvalue weighted by atomic mass is 32.2. The largest absolute Gasteiger partial charge is 0.354 e. The van der Waals surface area contributed by atoms with Crippen LogP contribution in [0.25, 0.3) is 0 Å². The lowest BCUT2D eigenvalue weighted by Crippen LogP contribution is -2.52. The average Bonchev–Trinajstić information content (AvgIpc) is 2.95. The molecule has 3 rings (SSSR count). The number of nitrogens with one attached hydrogen (secondary N) is 1. The number of amides is 2. The monoisotopic (exact) mass is 552 g/mol. The lowest BCUT2D eigenvalue weighted by Gasteiger charge is -2.33. The number of rotatable bonds is 13. The number of nitro benzene ring substituents is 1. The Morgan fingerprint density at radius 2 is 1.59 bits per heavy atom. The minimum atomic E-state index is -4.30. The Labute approximate surface area is 228 Å². The molecular formula is C28H32N4O6S. The van der Waals surface area contributed by atoms with Gasteiger partial charge in [-0.15, -0.1) is 0 Å². The second kappa shape index (κ2) is 13.5. The van der Waals surface area contributed by atoms with Gasteiger partial charge in [-0.3, -0.25) is 24.0 Å². The minimum absolute atomic E-state index is 0.0375. The maximum Gasteiger partial charge on any atom is 0.271 e. The summed E-state index contributed by atoms with van der Waals surface area (Å²) in [5.74, 6) is -0.959. The van der Waals surface area contributed by atoms with E-state index in [-0.39, 0.29) is 28.7 Å². The summed E-state index contributed by atoms with van der Waals surface area (Å²) in [6.45, 7) is 3.54. The topological polar surface area (TPSA) is 130 Å². The van der Waals surface area contributed by atoms with Gasteiger partial charge in [0.05, 0.1) is 15.5 Å². The fourth-order valence-electron chi connectivity index (χ4n) is 4.08. The van der Waals surface area contributed by atoms with E-state index in [1.165, 1.54) is 35.2 Å². The minimum Gasteiger partial charge on any atom is -0.354 e. The zero-order valence-electron chi connectivity index (χ0n) is 21.9. The molecule has 0 saturated heterocycles. The van der Waals surface area contributed by atoms with Gasteiger partial charge in [-0.05, 0) is 36.6 Å². The van der Waals surface area contributed by atoms with Crippen molar-refractivity contribution in [3.63, 3.8) is 0 Å². The van der Waals surface area contributed by atoms with Crippen LogP contribution in [0.1, 0.15) is 32.3 Å². The Kier molecular flexibility index (Phi) is 10.2. The summed E-state index contributed by atoms with van der Waals surface area (Å²) in [4.78, 5) is 39.1. The number of non-ortho nitro benzene ring substituents is 1. The van der Waals surface area contributed by atoms with Crippen LogP contribution in [0.3, 0.4) is 0 Å². The molecule has 0 aromatic heterocycles. The Bertz CT molecular complexity index is 1380. The van der Waals surface area contributed by atoms with Gasteiger partial charge in [-0.2, -0.15) is 0 Å². The van der Waals surface area contributed by atoms with E-state index >= 15 is 0 Å². The number of benzene rings is 3. The third-order valence-electron chi connectivity index (χ3n) is 6.07. The van der Waals surface area contributed by atoms with Gasteiger partial charge in [0.1, 0.15) is 12.6 Å². The molecule has 1 atom stereocenters. The summed E-state index contributed by atoms with van der Waals surface area (Å²) in [6.07, 6.45) is 1.01. The highest BCUT2D eigenvalue weighted by Crippen LogP contribution is 2.27. The zero-order chi connectivity index (χ0) is 28.4. The lowest BCUT2D eigenvalue weighted by atomic mass is 10.1. The molecular weight excluding hydrogens is 520 g/mol. The van der Waals surface area contributed by atoms with Crippen LogP contribution in [0.5, 0.6) is 0 Å². The van der Waals surface area contributed by atoms with Crippen LogP contribution in [0.4, 0.5) is 11.4 Å². The maximum atomic E-state index is 13.9. The van der Waals surface area contributed by atoms with Crippen molar-refractivity contribution < 1.29 is 22.9 Å². The number of hydrogen-bond acceptors (Lipinski definition) is 6. The molecule has 3 aromatic rings. The number of sulfonamides is 1. The van der Waals surface area contributed by atoms with Crippen molar-refractivity contribution in [2.24, 2.45) is 0 Å². The standard InChI is InChI=1S/C28H32N4O6S/c1-3-18-29-28(34)26(4-2)30(20-22-12-7-5-8-13-22)27(33)21-31(23-14-11-15-24(19-23)32(35)36)39(37,38)25-16-9-6-10-17-25/h5-17,19,26H,3-4,18,20-21H2,1-2H3,(H,29,34). The summed E-state index contributed by atoms with van der Waals surface area (Å²) < 4.78 is 28.4. The highest BCUT2D eigenvalue weighted by molar-refractivity contribution is 7.92. The number of nitrogens with zero attached hydrogens (tertiary/aromatic N) is 3. The maximum absolute atomic E-state index is 13.9. The molecule has 0 aliphatic carbocycles. The van der Waals surface area contributed by atoms with Gasteiger partial charge < -0.3 is 10.2 Å². The first-order valence-electron chi connectivity index (χ1n) is 12.6. The molecule has 0 radical (unpaired) electrons. The van der Waals surface area contributed by atoms with Crippen LogP contribution < -0.4 is 9.62 Å². The number of nitro groups is 1. The van der Waals surface area contributed by atoms with Crippen molar-refractivity contribution in [1.82, 2.24) is 10.2 Å². The Hall–Kier alpha value is -4.25. The van der Waals surface area contributed by atoms with Crippen LogP contribution in [0, 0.1) is 10.1 Å². The van der Waals surface area contributed by atoms with Crippen molar-refractivity contribution in [1.29, 1.82) is 0 Å². The van der Waals surface area contributed by atoms with Crippen LogP contribution in [0.15, 0.2) is 89.8 Å². The SMILES string of the molecule is CCCNC(=O)C(CC)N(Cc1ccccc1)C(=O)CN(c1cccc([N+](=O)[O-])c1)S(=O)(=O)c1ccccc1. The fraction of sp³-hybridized carbons (Fsp3) is 0.286. The van der Waals surface area contributed by atoms with Crippen molar-refractivity contribution >= 4 is 33.2 Å². The summed E-state index contributed by atoms with van der Waals surface area (Å²) >= 11 is 0. The van der Waals surface area contributed by atoms with Gasteiger partial charge in [0.25, 0.3) is 15.7 Å². The summed E-state index contributed by atoms with van der Waals surface area (Å²) in [5.41, 5.74) is 0.407. The summed E-state index contributed by atoms with van der Waals surface area (Å²) in [5, 5.41) is 14.3. The van der Waals surface area contributed by atoms with Crippen LogP contribution >= 0.6 is 0 Å². The normalized spacial score (nSPS) is 11.8. The summed E-state index contributed by atoms with van der Waals surface area (Å²) in [6, 6.07) is 20.9. The molecule has 0 bridgehead atoms. The van der Waals surface area contributed by atoms with Gasteiger partial charge in [-0.1, -0.05) is 68.4 Å². The number of carbonyl (C=O) groups excluding carboxylic acids is 2. The first kappa shape index (κ1) is 29.3. The van der Waals surface area contributed by atoms with Crippen LogP contribution in [-0.4, -0.2) is 49.2 Å². The second-order valence-electron chi connectivity index (χ2n) is 8.82. The van der Waals surface area contributed by atoms with Crippen molar-refractivity contribution in [2.45, 2.75) is 44.2 Å². The Morgan fingerprint density at radius 3 is 2.18 bits per heavy atom. The molecule has 3 aromatic carbocycles. The van der Waals surface area contributed by atoms with Gasteiger partial charge in [-0.25, -0.2) is 8.42 Å². The van der Waals surface area contributed by atoms with Gasteiger partial charge in [0.15, 0.2) is 0 Å². The first-order chi connectivity index (χ1) is 18.7. The predicted molar refractivity (Wildman–Crippen MR) is 148 cm³/mol. The molecule has 206 valence electrons. The van der Waals surface area contributed by atoms with E-state index in [2.05, 4.69) is 5.32 Å². The molecule has 2 amide bonds. The average molecular weight is 553 g/mol. The number of anilines is 1. The van der Waals surface area contributed by atoms with Crippen molar-refractivity contribution in [3.05, 3.63) is 101 Å². The molecule has 10 nitrogen and oxygen atoms in total. The molecule has 39 heavy (non-hydrogen) atoms. The Morgan fingerprint density at radius 1 is 0.949 bits per heavy atom.